The second-order valence-electron chi connectivity index (χ2n) is 31.7. The molecule has 12 aromatic carbocycles. The molecule has 0 aromatic heterocycles. The number of anilines is 4. The van der Waals surface area contributed by atoms with Crippen LogP contribution < -0.4 is 19.3 Å². The normalized spacial score (nSPS) is 14.4. The average Bonchev–Trinajstić information content (AvgIpc) is 0.681. The van der Waals surface area contributed by atoms with E-state index in [9.17, 15) is 0 Å². The van der Waals surface area contributed by atoms with Crippen molar-refractivity contribution in [1.29, 1.82) is 0 Å². The Hall–Kier alpha value is -10.0. The van der Waals surface area contributed by atoms with Gasteiger partial charge in [-0.1, -0.05) is 225 Å². The third-order valence-electron chi connectivity index (χ3n) is 20.8. The van der Waals surface area contributed by atoms with Crippen LogP contribution in [0.25, 0.3) is 65.3 Å². The molecule has 0 fully saturated rings. The number of imide groups is 2. The minimum absolute atomic E-state index is 0.126. The SMILES string of the molecule is CCCCC(CC)CN1C(=O)c2ccc3c4c(Oc5cc(C(C)(C)C)cc(C(C)(C)C)c5)cc5c6c(ccc(c7c(Oc8cc(C(C)(C)C)cc(C(C)(C)C)c8)cc(c2c37)C1=O)c64)C(=O)N(c1ccc(-c2ccc(-c3ccc(N4c6ccccc6Sc6ccccc64)cc3)cc2)cc1)C5=O. The number of benzene rings is 12. The molecule has 0 aliphatic carbocycles. The quantitative estimate of drug-likeness (QED) is 0.0603. The van der Waals surface area contributed by atoms with E-state index in [1.165, 1.54) is 19.6 Å². The average molecular weight is 1340 g/mol. The Labute approximate surface area is 591 Å². The van der Waals surface area contributed by atoms with Gasteiger partial charge in [0.1, 0.15) is 23.0 Å². The maximum absolute atomic E-state index is 16.0. The van der Waals surface area contributed by atoms with Crippen molar-refractivity contribution in [2.75, 3.05) is 16.3 Å². The van der Waals surface area contributed by atoms with Crippen LogP contribution in [0.5, 0.6) is 23.0 Å². The van der Waals surface area contributed by atoms with Crippen LogP contribution in [-0.2, 0) is 21.7 Å². The fraction of sp³-hybridized carbons (Fsp3) is 0.267. The molecule has 12 aromatic rings. The number of hydrogen-bond donors (Lipinski definition) is 0. The molecule has 10 heteroatoms. The number of carbonyl (C=O) groups is 4. The molecule has 0 N–H and O–H groups in total. The van der Waals surface area contributed by atoms with Gasteiger partial charge in [0.05, 0.1) is 28.2 Å². The molecule has 0 saturated carbocycles. The number of nitrogens with zero attached hydrogens (tertiary/aromatic N) is 3. The van der Waals surface area contributed by atoms with Crippen molar-refractivity contribution in [1.82, 2.24) is 4.90 Å². The third-order valence-corrected chi connectivity index (χ3v) is 21.9. The first-order valence-electron chi connectivity index (χ1n) is 35.3. The van der Waals surface area contributed by atoms with E-state index in [1.54, 1.807) is 11.8 Å². The van der Waals surface area contributed by atoms with Crippen LogP contribution in [0, 0.1) is 5.92 Å². The molecule has 0 bridgehead atoms. The highest BCUT2D eigenvalue weighted by Crippen LogP contribution is 2.55. The molecule has 1 unspecified atom stereocenters. The number of fused-ring (bicyclic) bond motifs is 4. The van der Waals surface area contributed by atoms with Crippen LogP contribution in [0.4, 0.5) is 22.7 Å². The summed E-state index contributed by atoms with van der Waals surface area (Å²) < 4.78 is 14.8. The Balaban J connectivity index is 0.871. The van der Waals surface area contributed by atoms with Crippen molar-refractivity contribution >= 4 is 101 Å². The molecular weight excluding hydrogens is 1250 g/mol. The zero-order valence-corrected chi connectivity index (χ0v) is 60.6. The van der Waals surface area contributed by atoms with Crippen LogP contribution in [0.3, 0.4) is 0 Å². The highest BCUT2D eigenvalue weighted by atomic mass is 32.2. The van der Waals surface area contributed by atoms with Gasteiger partial charge >= 0.3 is 0 Å². The van der Waals surface area contributed by atoms with Crippen LogP contribution in [0.1, 0.15) is 186 Å². The predicted octanol–water partition coefficient (Wildman–Crippen LogP) is 24.4. The summed E-state index contributed by atoms with van der Waals surface area (Å²) >= 11 is 1.80. The maximum atomic E-state index is 16.0. The minimum atomic E-state index is -0.498. The molecule has 4 amide bonds. The van der Waals surface area contributed by atoms with Gasteiger partial charge in [0.15, 0.2) is 0 Å². The van der Waals surface area contributed by atoms with Gasteiger partial charge in [-0.3, -0.25) is 24.1 Å². The first-order chi connectivity index (χ1) is 47.7. The van der Waals surface area contributed by atoms with Gasteiger partial charge in [0, 0.05) is 65.5 Å². The Morgan fingerprint density at radius 1 is 0.380 bits per heavy atom. The Kier molecular flexibility index (Phi) is 16.1. The number of hydrogen-bond acceptors (Lipinski definition) is 8. The van der Waals surface area contributed by atoms with E-state index in [4.69, 9.17) is 9.47 Å². The van der Waals surface area contributed by atoms with Gasteiger partial charge in [0.2, 0.25) is 0 Å². The summed E-state index contributed by atoms with van der Waals surface area (Å²) in [4.78, 5) is 70.0. The van der Waals surface area contributed by atoms with Gasteiger partial charge in [-0.05, 0) is 186 Å². The van der Waals surface area contributed by atoms with E-state index in [1.807, 2.05) is 60.7 Å². The van der Waals surface area contributed by atoms with Gasteiger partial charge in [-0.25, -0.2) is 4.90 Å². The van der Waals surface area contributed by atoms with Crippen molar-refractivity contribution in [3.05, 3.63) is 239 Å². The molecule has 9 nitrogen and oxygen atoms in total. The van der Waals surface area contributed by atoms with E-state index in [2.05, 4.69) is 235 Å². The summed E-state index contributed by atoms with van der Waals surface area (Å²) in [5.74, 6) is 0.449. The molecule has 3 aliphatic heterocycles. The summed E-state index contributed by atoms with van der Waals surface area (Å²) in [5, 5.41) is 4.98. The Bertz CT molecular complexity index is 5240. The predicted molar refractivity (Wildman–Crippen MR) is 411 cm³/mol. The topological polar surface area (TPSA) is 96.5 Å². The Morgan fingerprint density at radius 3 is 1.16 bits per heavy atom. The zero-order chi connectivity index (χ0) is 70.2. The first-order valence-corrected chi connectivity index (χ1v) is 36.2. The molecule has 3 heterocycles. The second kappa shape index (κ2) is 24.4. The van der Waals surface area contributed by atoms with Crippen molar-refractivity contribution in [3.63, 3.8) is 0 Å². The number of carbonyl (C=O) groups excluding carboxylic acids is 4. The summed E-state index contributed by atoms with van der Waals surface area (Å²) in [6.45, 7) is 30.9. The van der Waals surface area contributed by atoms with E-state index in [-0.39, 0.29) is 39.4 Å². The number of amides is 4. The lowest BCUT2D eigenvalue weighted by atomic mass is 9.80. The molecule has 15 rings (SSSR count). The summed E-state index contributed by atoms with van der Waals surface area (Å²) in [6.07, 6.45) is 3.73. The first kappa shape index (κ1) is 65.9. The van der Waals surface area contributed by atoms with E-state index in [0.717, 1.165) is 87.3 Å². The largest absolute Gasteiger partial charge is 0.457 e. The standard InChI is InChI=1S/C90H85N3O6S/c1-15-17-22-52(16-2)51-91-83(94)67-41-39-65-80-74(99-64-47-59(89(9,10)11)44-60(48-64)90(12,13)14)50-70-78-68(42-40-66(82(78)80)79-73(49-69(84(91)95)77(67)81(65)79)98-63-45-57(87(3,4)5)43-58(46-63)88(6,7)8)85(96)93(86(70)97)62-37-33-56(34-38-62)54-29-27-53(28-30-54)55-31-35-61(36-32-55)92-71-23-18-20-25-75(71)100-76-26-21-19-24-72(76)92/h18-21,23-50,52H,15-17,22,51H2,1-14H3. The van der Waals surface area contributed by atoms with Gasteiger partial charge in [0.25, 0.3) is 23.6 Å². The van der Waals surface area contributed by atoms with Gasteiger partial charge in [-0.2, -0.15) is 0 Å². The minimum Gasteiger partial charge on any atom is -0.457 e. The summed E-state index contributed by atoms with van der Waals surface area (Å²) in [7, 11) is 0. The van der Waals surface area contributed by atoms with Gasteiger partial charge < -0.3 is 14.4 Å². The van der Waals surface area contributed by atoms with Crippen LogP contribution in [0.15, 0.2) is 204 Å². The molecular formula is C90H85N3O6S. The smallest absolute Gasteiger partial charge is 0.266 e. The van der Waals surface area contributed by atoms with E-state index < -0.39 is 11.8 Å². The van der Waals surface area contributed by atoms with Crippen molar-refractivity contribution in [3.8, 4) is 45.3 Å². The number of rotatable bonds is 14. The highest BCUT2D eigenvalue weighted by Gasteiger charge is 2.41. The Morgan fingerprint density at radius 2 is 0.750 bits per heavy atom. The lowest BCUT2D eigenvalue weighted by Gasteiger charge is -2.32. The highest BCUT2D eigenvalue weighted by molar-refractivity contribution is 7.99. The van der Waals surface area contributed by atoms with Crippen LogP contribution in [-0.4, -0.2) is 35.1 Å². The van der Waals surface area contributed by atoms with Crippen LogP contribution >= 0.6 is 11.8 Å². The molecule has 0 saturated heterocycles. The molecule has 502 valence electrons. The number of unbranched alkanes of at least 4 members (excludes halogenated alkanes) is 1. The fourth-order valence-corrected chi connectivity index (χ4v) is 16.0. The van der Waals surface area contributed by atoms with E-state index >= 15 is 19.2 Å². The molecule has 3 aliphatic rings. The number of ether oxygens (including phenoxy) is 2. The van der Waals surface area contributed by atoms with Crippen molar-refractivity contribution < 1.29 is 28.7 Å². The lowest BCUT2D eigenvalue weighted by Crippen LogP contribution is -2.43. The van der Waals surface area contributed by atoms with Crippen LogP contribution in [0.2, 0.25) is 0 Å². The van der Waals surface area contributed by atoms with E-state index in [0.29, 0.717) is 101 Å². The zero-order valence-electron chi connectivity index (χ0n) is 59.8. The maximum Gasteiger partial charge on any atom is 0.266 e. The number of para-hydroxylation sites is 2. The van der Waals surface area contributed by atoms with Crippen molar-refractivity contribution in [2.24, 2.45) is 5.92 Å². The fourth-order valence-electron chi connectivity index (χ4n) is 14.9. The molecule has 0 radical (unpaired) electrons. The van der Waals surface area contributed by atoms with Gasteiger partial charge in [-0.15, -0.1) is 0 Å². The van der Waals surface area contributed by atoms with Crippen molar-refractivity contribution in [2.45, 2.75) is 154 Å². The molecule has 1 atom stereocenters. The second-order valence-corrected chi connectivity index (χ2v) is 32.8. The molecule has 100 heavy (non-hydrogen) atoms. The third kappa shape index (κ3) is 11.4. The lowest BCUT2D eigenvalue weighted by molar-refractivity contribution is 0.0579. The molecule has 0 spiro atoms. The summed E-state index contributed by atoms with van der Waals surface area (Å²) in [6, 6.07) is 66.0. The summed E-state index contributed by atoms with van der Waals surface area (Å²) in [5.41, 5.74) is 12.7. The monoisotopic (exact) mass is 1340 g/mol.